The number of hydrogen-bond donors (Lipinski definition) is 0. The Kier molecular flexibility index (Phi) is 5.88. The fourth-order valence-corrected chi connectivity index (χ4v) is 3.79. The number of carbonyl (C=O) groups excluding carboxylic acids is 1. The SMILES string of the molecule is CCOC(=O)c1ccnc(-n2nccc2-c2nn(-c3cccc(S(C)(=O)=O)c3)ccc2=O)c1. The Morgan fingerprint density at radius 3 is 2.67 bits per heavy atom. The lowest BCUT2D eigenvalue weighted by Gasteiger charge is -2.10. The summed E-state index contributed by atoms with van der Waals surface area (Å²) in [6, 6.07) is 12.2. The average molecular weight is 465 g/mol. The highest BCUT2D eigenvalue weighted by molar-refractivity contribution is 7.90. The average Bonchev–Trinajstić information content (AvgIpc) is 3.29. The molecule has 0 spiro atoms. The first-order valence-electron chi connectivity index (χ1n) is 9.86. The maximum Gasteiger partial charge on any atom is 0.338 e. The summed E-state index contributed by atoms with van der Waals surface area (Å²) in [6.07, 6.45) is 5.50. The first kappa shape index (κ1) is 22.1. The summed E-state index contributed by atoms with van der Waals surface area (Å²) in [5, 5.41) is 8.64. The molecule has 0 saturated carbocycles. The Bertz CT molecular complexity index is 1510. The van der Waals surface area contributed by atoms with Crippen LogP contribution in [0.15, 0.2) is 76.8 Å². The van der Waals surface area contributed by atoms with Crippen LogP contribution in [0.25, 0.3) is 22.9 Å². The number of esters is 1. The van der Waals surface area contributed by atoms with E-state index < -0.39 is 15.8 Å². The van der Waals surface area contributed by atoms with Crippen molar-refractivity contribution < 1.29 is 17.9 Å². The summed E-state index contributed by atoms with van der Waals surface area (Å²) in [4.78, 5) is 29.1. The second-order valence-corrected chi connectivity index (χ2v) is 9.01. The number of pyridine rings is 1. The molecular formula is C22H19N5O5S. The number of benzene rings is 1. The topological polar surface area (TPSA) is 126 Å². The fraction of sp³-hybridized carbons (Fsp3) is 0.136. The van der Waals surface area contributed by atoms with E-state index in [0.717, 1.165) is 6.26 Å². The van der Waals surface area contributed by atoms with E-state index in [2.05, 4.69) is 15.2 Å². The van der Waals surface area contributed by atoms with Gasteiger partial charge in [-0.15, -0.1) is 0 Å². The van der Waals surface area contributed by atoms with Crippen molar-refractivity contribution in [2.24, 2.45) is 0 Å². The van der Waals surface area contributed by atoms with Gasteiger partial charge in [-0.1, -0.05) is 6.07 Å². The highest BCUT2D eigenvalue weighted by Crippen LogP contribution is 2.19. The number of carbonyl (C=O) groups is 1. The van der Waals surface area contributed by atoms with Crippen LogP contribution in [0.3, 0.4) is 0 Å². The van der Waals surface area contributed by atoms with E-state index in [1.165, 1.54) is 58.3 Å². The number of nitrogens with zero attached hydrogens (tertiary/aromatic N) is 5. The second kappa shape index (κ2) is 8.79. The Labute approximate surface area is 189 Å². The lowest BCUT2D eigenvalue weighted by atomic mass is 10.2. The number of sulfone groups is 1. The Morgan fingerprint density at radius 2 is 1.91 bits per heavy atom. The van der Waals surface area contributed by atoms with Crippen molar-refractivity contribution in [2.45, 2.75) is 11.8 Å². The first-order chi connectivity index (χ1) is 15.8. The van der Waals surface area contributed by atoms with Crippen LogP contribution >= 0.6 is 0 Å². The van der Waals surface area contributed by atoms with Gasteiger partial charge in [-0.05, 0) is 43.3 Å². The van der Waals surface area contributed by atoms with Gasteiger partial charge >= 0.3 is 5.97 Å². The van der Waals surface area contributed by atoms with E-state index in [9.17, 15) is 18.0 Å². The maximum absolute atomic E-state index is 12.7. The molecule has 4 rings (SSSR count). The van der Waals surface area contributed by atoms with Crippen molar-refractivity contribution in [1.82, 2.24) is 24.5 Å². The highest BCUT2D eigenvalue weighted by Gasteiger charge is 2.17. The van der Waals surface area contributed by atoms with E-state index in [0.29, 0.717) is 22.8 Å². The van der Waals surface area contributed by atoms with Crippen LogP contribution in [0.2, 0.25) is 0 Å². The van der Waals surface area contributed by atoms with Crippen LogP contribution in [-0.4, -0.2) is 51.8 Å². The normalized spacial score (nSPS) is 11.3. The van der Waals surface area contributed by atoms with Crippen LogP contribution in [0, 0.1) is 0 Å². The predicted octanol–water partition coefficient (Wildman–Crippen LogP) is 2.06. The minimum absolute atomic E-state index is 0.0723. The summed E-state index contributed by atoms with van der Waals surface area (Å²) in [5.74, 6) is -0.197. The molecule has 0 unspecified atom stereocenters. The van der Waals surface area contributed by atoms with E-state index in [-0.39, 0.29) is 22.6 Å². The van der Waals surface area contributed by atoms with Gasteiger partial charge in [0.25, 0.3) is 0 Å². The molecule has 10 nitrogen and oxygen atoms in total. The van der Waals surface area contributed by atoms with Gasteiger partial charge in [-0.25, -0.2) is 27.6 Å². The number of aromatic nitrogens is 5. The third-order valence-corrected chi connectivity index (χ3v) is 5.79. The van der Waals surface area contributed by atoms with Crippen LogP contribution < -0.4 is 5.43 Å². The van der Waals surface area contributed by atoms with Crippen molar-refractivity contribution in [3.8, 4) is 22.9 Å². The van der Waals surface area contributed by atoms with Gasteiger partial charge in [0.1, 0.15) is 5.69 Å². The summed E-state index contributed by atoms with van der Waals surface area (Å²) in [5.41, 5.74) is 0.811. The Morgan fingerprint density at radius 1 is 1.09 bits per heavy atom. The summed E-state index contributed by atoms with van der Waals surface area (Å²) >= 11 is 0. The molecule has 0 amide bonds. The van der Waals surface area contributed by atoms with Crippen molar-refractivity contribution in [3.05, 3.63) is 82.9 Å². The molecule has 0 saturated heterocycles. The third kappa shape index (κ3) is 4.58. The number of ether oxygens (including phenoxy) is 1. The molecule has 0 aliphatic heterocycles. The van der Waals surface area contributed by atoms with Gasteiger partial charge in [0.15, 0.2) is 21.3 Å². The molecule has 4 aromatic rings. The third-order valence-electron chi connectivity index (χ3n) is 4.68. The molecule has 168 valence electrons. The van der Waals surface area contributed by atoms with Crippen LogP contribution in [0.1, 0.15) is 17.3 Å². The minimum Gasteiger partial charge on any atom is -0.462 e. The summed E-state index contributed by atoms with van der Waals surface area (Å²) < 4.78 is 31.7. The van der Waals surface area contributed by atoms with Crippen molar-refractivity contribution in [2.75, 3.05) is 12.9 Å². The zero-order valence-electron chi connectivity index (χ0n) is 17.7. The maximum atomic E-state index is 12.7. The summed E-state index contributed by atoms with van der Waals surface area (Å²) in [6.45, 7) is 1.95. The monoisotopic (exact) mass is 465 g/mol. The Hall–Kier alpha value is -4.12. The van der Waals surface area contributed by atoms with E-state index in [4.69, 9.17) is 4.74 Å². The van der Waals surface area contributed by atoms with Crippen LogP contribution in [0.4, 0.5) is 0 Å². The zero-order valence-corrected chi connectivity index (χ0v) is 18.6. The molecule has 0 aliphatic rings. The lowest BCUT2D eigenvalue weighted by molar-refractivity contribution is 0.0526. The molecule has 33 heavy (non-hydrogen) atoms. The van der Waals surface area contributed by atoms with Gasteiger partial charge in [0.05, 0.1) is 29.0 Å². The molecular weight excluding hydrogens is 446 g/mol. The lowest BCUT2D eigenvalue weighted by Crippen LogP contribution is -2.15. The predicted molar refractivity (Wildman–Crippen MR) is 119 cm³/mol. The van der Waals surface area contributed by atoms with Crippen molar-refractivity contribution >= 4 is 15.8 Å². The van der Waals surface area contributed by atoms with Gasteiger partial charge < -0.3 is 4.74 Å². The highest BCUT2D eigenvalue weighted by atomic mass is 32.2. The van der Waals surface area contributed by atoms with E-state index in [1.807, 2.05) is 0 Å². The molecule has 0 aliphatic carbocycles. The molecule has 3 heterocycles. The first-order valence-corrected chi connectivity index (χ1v) is 11.8. The van der Waals surface area contributed by atoms with E-state index in [1.54, 1.807) is 25.1 Å². The largest absolute Gasteiger partial charge is 0.462 e. The standard InChI is InChI=1S/C22H19N5O5S/c1-3-32-22(29)15-7-10-23-20(13-15)27-18(8-11-24-27)21-19(28)9-12-26(25-21)16-5-4-6-17(14-16)33(2,30)31/h4-14H,3H2,1-2H3. The van der Waals surface area contributed by atoms with Gasteiger partial charge in [-0.2, -0.15) is 10.2 Å². The smallest absolute Gasteiger partial charge is 0.338 e. The van der Waals surface area contributed by atoms with Gasteiger partial charge in [0.2, 0.25) is 5.43 Å². The van der Waals surface area contributed by atoms with Gasteiger partial charge in [-0.3, -0.25) is 4.79 Å². The van der Waals surface area contributed by atoms with Crippen molar-refractivity contribution in [3.63, 3.8) is 0 Å². The molecule has 0 atom stereocenters. The number of hydrogen-bond acceptors (Lipinski definition) is 8. The molecule has 11 heteroatoms. The Balaban J connectivity index is 1.79. The molecule has 0 N–H and O–H groups in total. The van der Waals surface area contributed by atoms with Gasteiger partial charge in [0, 0.05) is 24.7 Å². The molecule has 0 radical (unpaired) electrons. The second-order valence-electron chi connectivity index (χ2n) is 6.99. The molecule has 3 aromatic heterocycles. The van der Waals surface area contributed by atoms with Crippen LogP contribution in [-0.2, 0) is 14.6 Å². The molecule has 0 fully saturated rings. The number of rotatable bonds is 6. The van der Waals surface area contributed by atoms with Crippen LogP contribution in [0.5, 0.6) is 0 Å². The minimum atomic E-state index is -3.42. The van der Waals surface area contributed by atoms with E-state index >= 15 is 0 Å². The van der Waals surface area contributed by atoms with Crippen molar-refractivity contribution in [1.29, 1.82) is 0 Å². The molecule has 1 aromatic carbocycles. The quantitative estimate of drug-likeness (QED) is 0.396. The molecule has 0 bridgehead atoms. The zero-order chi connectivity index (χ0) is 23.6. The summed E-state index contributed by atoms with van der Waals surface area (Å²) in [7, 11) is -3.42. The fourth-order valence-electron chi connectivity index (χ4n) is 3.13.